The molecule has 7 heteroatoms. The van der Waals surface area contributed by atoms with Crippen molar-refractivity contribution in [2.45, 2.75) is 31.6 Å². The van der Waals surface area contributed by atoms with Gasteiger partial charge in [0.15, 0.2) is 0 Å². The maximum Gasteiger partial charge on any atom is 0.490 e. The van der Waals surface area contributed by atoms with E-state index in [1.807, 2.05) is 12.1 Å². The number of nitrogens with zero attached hydrogens (tertiary/aromatic N) is 1. The number of carboxylic acid groups (broad SMARTS) is 1. The van der Waals surface area contributed by atoms with Gasteiger partial charge in [-0.1, -0.05) is 12.1 Å². The van der Waals surface area contributed by atoms with Crippen molar-refractivity contribution in [3.8, 4) is 5.69 Å². The molecule has 0 aliphatic heterocycles. The van der Waals surface area contributed by atoms with Crippen LogP contribution in [0.25, 0.3) is 5.69 Å². The van der Waals surface area contributed by atoms with Crippen molar-refractivity contribution in [2.75, 3.05) is 0 Å². The zero-order valence-corrected chi connectivity index (χ0v) is 12.3. The summed E-state index contributed by atoms with van der Waals surface area (Å²) in [6.45, 7) is 0.997. The van der Waals surface area contributed by atoms with Crippen molar-refractivity contribution in [3.63, 3.8) is 0 Å². The summed E-state index contributed by atoms with van der Waals surface area (Å²) in [7, 11) is 0. The SMILES string of the molecule is O=C(O)C(F)(F)F.c1ccn(-c2ccc(CNC3CC3)cc2)c1. The fourth-order valence-corrected chi connectivity index (χ4v) is 1.84. The summed E-state index contributed by atoms with van der Waals surface area (Å²) in [5.41, 5.74) is 2.59. The number of aliphatic carboxylic acids is 1. The van der Waals surface area contributed by atoms with Crippen LogP contribution in [0.15, 0.2) is 48.8 Å². The van der Waals surface area contributed by atoms with Gasteiger partial charge in [0.05, 0.1) is 0 Å². The maximum atomic E-state index is 10.6. The van der Waals surface area contributed by atoms with Crippen LogP contribution in [0.2, 0.25) is 0 Å². The lowest BCUT2D eigenvalue weighted by atomic mass is 10.2. The van der Waals surface area contributed by atoms with E-state index in [2.05, 4.69) is 46.5 Å². The normalized spacial score (nSPS) is 14.0. The number of carbonyl (C=O) groups is 1. The molecule has 1 aliphatic rings. The minimum Gasteiger partial charge on any atom is -0.475 e. The molecule has 0 amide bonds. The first-order chi connectivity index (χ1) is 10.9. The van der Waals surface area contributed by atoms with Crippen molar-refractivity contribution in [2.24, 2.45) is 0 Å². The minimum atomic E-state index is -5.08. The Kier molecular flexibility index (Phi) is 5.44. The molecule has 4 nitrogen and oxygen atoms in total. The van der Waals surface area contributed by atoms with Crippen LogP contribution < -0.4 is 5.32 Å². The van der Waals surface area contributed by atoms with E-state index in [0.717, 1.165) is 12.6 Å². The summed E-state index contributed by atoms with van der Waals surface area (Å²) in [4.78, 5) is 8.90. The molecule has 2 N–H and O–H groups in total. The van der Waals surface area contributed by atoms with Gasteiger partial charge in [-0.15, -0.1) is 0 Å². The number of benzene rings is 1. The topological polar surface area (TPSA) is 54.3 Å². The molecule has 124 valence electrons. The highest BCUT2D eigenvalue weighted by Crippen LogP contribution is 2.19. The van der Waals surface area contributed by atoms with Crippen LogP contribution in [-0.2, 0) is 11.3 Å². The van der Waals surface area contributed by atoms with E-state index in [4.69, 9.17) is 9.90 Å². The van der Waals surface area contributed by atoms with Gasteiger partial charge in [0.2, 0.25) is 0 Å². The molecule has 3 rings (SSSR count). The molecule has 0 saturated heterocycles. The number of nitrogens with one attached hydrogen (secondary N) is 1. The number of aromatic nitrogens is 1. The van der Waals surface area contributed by atoms with Gasteiger partial charge in [-0.05, 0) is 42.7 Å². The van der Waals surface area contributed by atoms with Gasteiger partial charge in [0.1, 0.15) is 0 Å². The first-order valence-electron chi connectivity index (χ1n) is 7.12. The summed E-state index contributed by atoms with van der Waals surface area (Å²) < 4.78 is 33.9. The molecule has 1 fully saturated rings. The second kappa shape index (κ2) is 7.32. The molecule has 1 aromatic heterocycles. The number of alkyl halides is 3. The Balaban J connectivity index is 0.000000236. The van der Waals surface area contributed by atoms with Gasteiger partial charge in [0, 0.05) is 30.7 Å². The molecule has 1 aliphatic carbocycles. The van der Waals surface area contributed by atoms with Crippen LogP contribution >= 0.6 is 0 Å². The van der Waals surface area contributed by atoms with Crippen molar-refractivity contribution < 1.29 is 23.1 Å². The number of hydrogen-bond acceptors (Lipinski definition) is 2. The average Bonchev–Trinajstić information content (AvgIpc) is 3.17. The minimum absolute atomic E-state index is 0.782. The largest absolute Gasteiger partial charge is 0.490 e. The van der Waals surface area contributed by atoms with Crippen LogP contribution in [0.1, 0.15) is 18.4 Å². The van der Waals surface area contributed by atoms with Crippen LogP contribution in [0.3, 0.4) is 0 Å². The summed E-state index contributed by atoms with van der Waals surface area (Å²) in [5.74, 6) is -2.76. The Bertz CT molecular complexity index is 618. The average molecular weight is 326 g/mol. The summed E-state index contributed by atoms with van der Waals surface area (Å²) in [6.07, 6.45) is 1.75. The molecule has 0 atom stereocenters. The van der Waals surface area contributed by atoms with Crippen LogP contribution in [0, 0.1) is 0 Å². The predicted molar refractivity (Wildman–Crippen MR) is 79.3 cm³/mol. The Labute approximate surface area is 131 Å². The van der Waals surface area contributed by atoms with Gasteiger partial charge in [0.25, 0.3) is 0 Å². The van der Waals surface area contributed by atoms with E-state index in [0.29, 0.717) is 0 Å². The van der Waals surface area contributed by atoms with Crippen molar-refractivity contribution in [1.82, 2.24) is 9.88 Å². The van der Waals surface area contributed by atoms with Gasteiger partial charge < -0.3 is 15.0 Å². The Morgan fingerprint density at radius 3 is 2.13 bits per heavy atom. The van der Waals surface area contributed by atoms with Crippen molar-refractivity contribution in [1.29, 1.82) is 0 Å². The summed E-state index contributed by atoms with van der Waals surface area (Å²) in [6, 6.07) is 13.6. The first kappa shape index (κ1) is 17.1. The number of halogens is 3. The molecular weight excluding hydrogens is 309 g/mol. The lowest BCUT2D eigenvalue weighted by Crippen LogP contribution is -2.21. The van der Waals surface area contributed by atoms with Gasteiger partial charge >= 0.3 is 12.1 Å². The highest BCUT2D eigenvalue weighted by Gasteiger charge is 2.38. The van der Waals surface area contributed by atoms with Gasteiger partial charge in [-0.25, -0.2) is 4.79 Å². The second-order valence-corrected chi connectivity index (χ2v) is 5.21. The van der Waals surface area contributed by atoms with Crippen molar-refractivity contribution >= 4 is 5.97 Å². The fourth-order valence-electron chi connectivity index (χ4n) is 1.84. The monoisotopic (exact) mass is 326 g/mol. The van der Waals surface area contributed by atoms with Crippen LogP contribution in [0.4, 0.5) is 13.2 Å². The lowest BCUT2D eigenvalue weighted by Gasteiger charge is -2.06. The number of hydrogen-bond donors (Lipinski definition) is 2. The van der Waals surface area contributed by atoms with Crippen LogP contribution in [0.5, 0.6) is 0 Å². The van der Waals surface area contributed by atoms with E-state index in [9.17, 15) is 13.2 Å². The molecule has 0 unspecified atom stereocenters. The maximum absolute atomic E-state index is 10.6. The number of rotatable bonds is 4. The van der Waals surface area contributed by atoms with E-state index >= 15 is 0 Å². The predicted octanol–water partition coefficient (Wildman–Crippen LogP) is 3.36. The molecule has 1 aromatic carbocycles. The molecule has 0 spiro atoms. The molecule has 0 bridgehead atoms. The van der Waals surface area contributed by atoms with E-state index in [-0.39, 0.29) is 0 Å². The molecule has 23 heavy (non-hydrogen) atoms. The van der Waals surface area contributed by atoms with Gasteiger partial charge in [-0.2, -0.15) is 13.2 Å². The third kappa shape index (κ3) is 5.78. The molecule has 2 aromatic rings. The third-order valence-electron chi connectivity index (χ3n) is 3.25. The lowest BCUT2D eigenvalue weighted by molar-refractivity contribution is -0.192. The highest BCUT2D eigenvalue weighted by molar-refractivity contribution is 5.73. The molecular formula is C16H17F3N2O2. The smallest absolute Gasteiger partial charge is 0.475 e. The number of carboxylic acids is 1. The summed E-state index contributed by atoms with van der Waals surface area (Å²) in [5, 5.41) is 10.6. The Hall–Kier alpha value is -2.28. The molecule has 1 saturated carbocycles. The highest BCUT2D eigenvalue weighted by atomic mass is 19.4. The van der Waals surface area contributed by atoms with E-state index < -0.39 is 12.1 Å². The summed E-state index contributed by atoms with van der Waals surface area (Å²) >= 11 is 0. The van der Waals surface area contributed by atoms with Crippen LogP contribution in [-0.4, -0.2) is 27.9 Å². The molecule has 1 heterocycles. The van der Waals surface area contributed by atoms with Gasteiger partial charge in [-0.3, -0.25) is 0 Å². The zero-order chi connectivity index (χ0) is 16.9. The third-order valence-corrected chi connectivity index (χ3v) is 3.25. The fraction of sp³-hybridized carbons (Fsp3) is 0.312. The van der Waals surface area contributed by atoms with E-state index in [1.165, 1.54) is 24.1 Å². The quantitative estimate of drug-likeness (QED) is 0.906. The first-order valence-corrected chi connectivity index (χ1v) is 7.12. The standard InChI is InChI=1S/C14H16N2.C2HF3O2/c1-2-10-16(9-1)14-7-3-12(4-8-14)11-15-13-5-6-13;3-2(4,5)1(6)7/h1-4,7-10,13,15H,5-6,11H2;(H,6,7). The van der Waals surface area contributed by atoms with E-state index in [1.54, 1.807) is 0 Å². The zero-order valence-electron chi connectivity index (χ0n) is 12.3. The second-order valence-electron chi connectivity index (χ2n) is 5.21. The Morgan fingerprint density at radius 1 is 1.17 bits per heavy atom. The molecule has 0 radical (unpaired) electrons. The Morgan fingerprint density at radius 2 is 1.70 bits per heavy atom. The van der Waals surface area contributed by atoms with Crippen molar-refractivity contribution in [3.05, 3.63) is 54.4 Å².